The number of carbonyl (C=O) groups excluding carboxylic acids is 2. The Morgan fingerprint density at radius 2 is 1.43 bits per heavy atom. The second-order valence-corrected chi connectivity index (χ2v) is 7.19. The summed E-state index contributed by atoms with van der Waals surface area (Å²) in [6, 6.07) is 17.7. The Balaban J connectivity index is 2.13. The molecule has 30 heavy (non-hydrogen) atoms. The van der Waals surface area contributed by atoms with Gasteiger partial charge in [-0.25, -0.2) is 0 Å². The summed E-state index contributed by atoms with van der Waals surface area (Å²) in [4.78, 5) is 25.5. The average molecular weight is 413 g/mol. The molecule has 0 atom stereocenters. The molecule has 0 aliphatic rings. The van der Waals surface area contributed by atoms with Crippen LogP contribution in [0.5, 0.6) is 5.75 Å². The second kappa shape index (κ2) is 12.0. The van der Waals surface area contributed by atoms with Gasteiger partial charge in [-0.3, -0.25) is 9.59 Å². The fraction of sp³-hybridized carbons (Fsp3) is 0.440. The number of hydrogen-bond donors (Lipinski definition) is 0. The zero-order valence-electron chi connectivity index (χ0n) is 18.2. The van der Waals surface area contributed by atoms with Crippen LogP contribution in [0, 0.1) is 5.41 Å². The van der Waals surface area contributed by atoms with Crippen LogP contribution in [0.1, 0.15) is 51.2 Å². The summed E-state index contributed by atoms with van der Waals surface area (Å²) in [5.41, 5.74) is 0.811. The molecule has 0 aliphatic carbocycles. The first-order valence-electron chi connectivity index (χ1n) is 10.7. The smallest absolute Gasteiger partial charge is 0.323 e. The Labute approximate surface area is 179 Å². The maximum atomic E-state index is 12.8. The molecular formula is C25H32O5. The van der Waals surface area contributed by atoms with E-state index in [1.165, 1.54) is 0 Å². The molecule has 162 valence electrons. The maximum Gasteiger partial charge on any atom is 0.323 e. The van der Waals surface area contributed by atoms with Crippen LogP contribution < -0.4 is 4.74 Å². The van der Waals surface area contributed by atoms with Gasteiger partial charge in [0.25, 0.3) is 0 Å². The van der Waals surface area contributed by atoms with E-state index in [-0.39, 0.29) is 13.2 Å². The van der Waals surface area contributed by atoms with E-state index in [1.54, 1.807) is 13.8 Å². The minimum atomic E-state index is -1.28. The van der Waals surface area contributed by atoms with Gasteiger partial charge in [0.2, 0.25) is 0 Å². The molecule has 0 amide bonds. The van der Waals surface area contributed by atoms with Crippen LogP contribution in [0.3, 0.4) is 0 Å². The predicted octanol–water partition coefficient (Wildman–Crippen LogP) is 5.11. The monoisotopic (exact) mass is 412 g/mol. The number of carbonyl (C=O) groups is 2. The fourth-order valence-electron chi connectivity index (χ4n) is 3.47. The van der Waals surface area contributed by atoms with Crippen molar-refractivity contribution >= 4 is 11.9 Å². The molecule has 0 saturated carbocycles. The molecule has 0 saturated heterocycles. The largest absolute Gasteiger partial charge is 0.489 e. The molecule has 2 rings (SSSR count). The Kier molecular flexibility index (Phi) is 9.39. The first-order valence-corrected chi connectivity index (χ1v) is 10.7. The normalized spacial score (nSPS) is 11.0. The van der Waals surface area contributed by atoms with Gasteiger partial charge in [-0.2, -0.15) is 0 Å². The van der Waals surface area contributed by atoms with Gasteiger partial charge < -0.3 is 14.2 Å². The number of hydrogen-bond acceptors (Lipinski definition) is 5. The Hall–Kier alpha value is -2.82. The van der Waals surface area contributed by atoms with Gasteiger partial charge in [-0.1, -0.05) is 55.8 Å². The van der Waals surface area contributed by atoms with Gasteiger partial charge in [0.1, 0.15) is 12.4 Å². The molecule has 0 heterocycles. The second-order valence-electron chi connectivity index (χ2n) is 7.19. The third-order valence-corrected chi connectivity index (χ3v) is 5.00. The lowest BCUT2D eigenvalue weighted by molar-refractivity contribution is -0.173. The molecule has 0 N–H and O–H groups in total. The lowest BCUT2D eigenvalue weighted by Crippen LogP contribution is -2.42. The number of esters is 2. The van der Waals surface area contributed by atoms with Crippen molar-refractivity contribution in [2.45, 2.75) is 53.1 Å². The average Bonchev–Trinajstić information content (AvgIpc) is 2.76. The predicted molar refractivity (Wildman–Crippen MR) is 116 cm³/mol. The minimum absolute atomic E-state index is 0.229. The van der Waals surface area contributed by atoms with E-state index in [0.717, 1.165) is 16.9 Å². The zero-order chi connectivity index (χ0) is 21.8. The third-order valence-electron chi connectivity index (χ3n) is 5.00. The van der Waals surface area contributed by atoms with Crippen molar-refractivity contribution < 1.29 is 23.8 Å². The Morgan fingerprint density at radius 1 is 0.800 bits per heavy atom. The molecule has 5 heteroatoms. The Morgan fingerprint density at radius 3 is 2.03 bits per heavy atom. The molecular weight excluding hydrogens is 380 g/mol. The molecule has 0 aliphatic heterocycles. The summed E-state index contributed by atoms with van der Waals surface area (Å²) in [6.07, 6.45) is 1.95. The van der Waals surface area contributed by atoms with E-state index >= 15 is 0 Å². The molecule has 2 aromatic carbocycles. The molecule has 0 radical (unpaired) electrons. The van der Waals surface area contributed by atoms with E-state index in [1.807, 2.05) is 61.5 Å². The van der Waals surface area contributed by atoms with Crippen LogP contribution >= 0.6 is 0 Å². The van der Waals surface area contributed by atoms with E-state index in [4.69, 9.17) is 14.2 Å². The van der Waals surface area contributed by atoms with Gasteiger partial charge >= 0.3 is 11.9 Å². The van der Waals surface area contributed by atoms with Gasteiger partial charge in [0.15, 0.2) is 5.41 Å². The molecule has 0 fully saturated rings. The Bertz CT molecular complexity index is 782. The standard InChI is InChI=1S/C25H32O5/c1-4-16-25(23(26)28-5-2,24(27)29-6-3)17-15-20-13-10-14-22(18-20)30-19-21-11-8-7-9-12-21/h7-14,18H,4-6,15-17,19H2,1-3H3. The zero-order valence-corrected chi connectivity index (χ0v) is 18.2. The van der Waals surface area contributed by atoms with E-state index < -0.39 is 17.4 Å². The summed E-state index contributed by atoms with van der Waals surface area (Å²) >= 11 is 0. The molecule has 2 aromatic rings. The van der Waals surface area contributed by atoms with Crippen LogP contribution in [0.15, 0.2) is 54.6 Å². The minimum Gasteiger partial charge on any atom is -0.489 e. The topological polar surface area (TPSA) is 61.8 Å². The molecule has 0 aromatic heterocycles. The molecule has 5 nitrogen and oxygen atoms in total. The van der Waals surface area contributed by atoms with E-state index in [2.05, 4.69) is 0 Å². The summed E-state index contributed by atoms with van der Waals surface area (Å²) in [5.74, 6) is -0.242. The lowest BCUT2D eigenvalue weighted by atomic mass is 9.78. The van der Waals surface area contributed by atoms with Gasteiger partial charge in [0.05, 0.1) is 13.2 Å². The number of benzene rings is 2. The summed E-state index contributed by atoms with van der Waals surface area (Å²) in [5, 5.41) is 0. The molecule has 0 bridgehead atoms. The fourth-order valence-corrected chi connectivity index (χ4v) is 3.47. The van der Waals surface area contributed by atoms with Crippen molar-refractivity contribution in [3.8, 4) is 5.75 Å². The van der Waals surface area contributed by atoms with Crippen molar-refractivity contribution in [2.24, 2.45) is 5.41 Å². The van der Waals surface area contributed by atoms with Crippen LogP contribution in [0.4, 0.5) is 0 Å². The van der Waals surface area contributed by atoms with Crippen molar-refractivity contribution in [2.75, 3.05) is 13.2 Å². The quantitative estimate of drug-likeness (QED) is 0.358. The molecule has 0 unspecified atom stereocenters. The van der Waals surface area contributed by atoms with Crippen LogP contribution in [-0.2, 0) is 32.1 Å². The highest BCUT2D eigenvalue weighted by molar-refractivity contribution is 6.00. The van der Waals surface area contributed by atoms with Crippen LogP contribution in [0.2, 0.25) is 0 Å². The van der Waals surface area contributed by atoms with E-state index in [0.29, 0.717) is 32.3 Å². The molecule has 0 spiro atoms. The highest BCUT2D eigenvalue weighted by Crippen LogP contribution is 2.34. The van der Waals surface area contributed by atoms with Crippen molar-refractivity contribution in [3.63, 3.8) is 0 Å². The van der Waals surface area contributed by atoms with Crippen LogP contribution in [-0.4, -0.2) is 25.2 Å². The third kappa shape index (κ3) is 6.34. The van der Waals surface area contributed by atoms with Crippen molar-refractivity contribution in [1.82, 2.24) is 0 Å². The van der Waals surface area contributed by atoms with Gasteiger partial charge in [0, 0.05) is 0 Å². The lowest BCUT2D eigenvalue weighted by Gasteiger charge is -2.29. The first-order chi connectivity index (χ1) is 14.6. The van der Waals surface area contributed by atoms with Crippen molar-refractivity contribution in [3.05, 3.63) is 65.7 Å². The number of aryl methyl sites for hydroxylation is 1. The highest BCUT2D eigenvalue weighted by atomic mass is 16.6. The maximum absolute atomic E-state index is 12.8. The summed E-state index contributed by atoms with van der Waals surface area (Å²) in [6.45, 7) is 6.38. The highest BCUT2D eigenvalue weighted by Gasteiger charge is 2.47. The first kappa shape index (κ1) is 23.5. The number of ether oxygens (including phenoxy) is 3. The summed E-state index contributed by atoms with van der Waals surface area (Å²) in [7, 11) is 0. The van der Waals surface area contributed by atoms with Gasteiger partial charge in [-0.05, 0) is 56.4 Å². The van der Waals surface area contributed by atoms with Gasteiger partial charge in [-0.15, -0.1) is 0 Å². The van der Waals surface area contributed by atoms with Crippen molar-refractivity contribution in [1.29, 1.82) is 0 Å². The van der Waals surface area contributed by atoms with Crippen LogP contribution in [0.25, 0.3) is 0 Å². The van der Waals surface area contributed by atoms with E-state index in [9.17, 15) is 9.59 Å². The number of rotatable bonds is 12. The SMILES string of the molecule is CCCC(CCc1cccc(OCc2ccccc2)c1)(C(=O)OCC)C(=O)OCC. The summed E-state index contributed by atoms with van der Waals surface area (Å²) < 4.78 is 16.4.